The second-order valence-electron chi connectivity index (χ2n) is 9.67. The van der Waals surface area contributed by atoms with Crippen molar-refractivity contribution in [2.24, 2.45) is 11.8 Å². The minimum Gasteiger partial charge on any atom is -0.310 e. The Balaban J connectivity index is 1.41. The monoisotopic (exact) mass is 479 g/mol. The molecular weight excluding hydrogens is 446 g/mol. The smallest absolute Gasteiger partial charge is 0.255 e. The summed E-state index contributed by atoms with van der Waals surface area (Å²) in [5.41, 5.74) is 2.29. The SMILES string of the molecule is CCCCC1CCC(C(=O)Nc2cc(-c3cccs3)nn2-c2nc3c(c(=O)[nH]2)CCCC3)CC1. The van der Waals surface area contributed by atoms with Crippen LogP contribution in [-0.4, -0.2) is 25.7 Å². The van der Waals surface area contributed by atoms with Crippen molar-refractivity contribution < 1.29 is 4.79 Å². The Morgan fingerprint density at radius 2 is 2.06 bits per heavy atom. The Bertz CT molecular complexity index is 1190. The van der Waals surface area contributed by atoms with Crippen LogP contribution in [0.1, 0.15) is 76.0 Å². The lowest BCUT2D eigenvalue weighted by molar-refractivity contribution is -0.121. The molecule has 7 nitrogen and oxygen atoms in total. The number of aryl methyl sites for hydroxylation is 1. The highest BCUT2D eigenvalue weighted by Crippen LogP contribution is 2.33. The average Bonchev–Trinajstić information content (AvgIpc) is 3.53. The molecule has 3 aromatic rings. The Kier molecular flexibility index (Phi) is 6.94. The molecule has 5 rings (SSSR count). The first-order chi connectivity index (χ1) is 16.6. The molecule has 8 heteroatoms. The lowest BCUT2D eigenvalue weighted by Crippen LogP contribution is -2.29. The van der Waals surface area contributed by atoms with Crippen LogP contribution in [0.2, 0.25) is 0 Å². The minimum atomic E-state index is -0.101. The van der Waals surface area contributed by atoms with Crippen molar-refractivity contribution in [3.63, 3.8) is 0 Å². The summed E-state index contributed by atoms with van der Waals surface area (Å²) in [6, 6.07) is 5.87. The van der Waals surface area contributed by atoms with Crippen molar-refractivity contribution in [2.45, 2.75) is 77.6 Å². The van der Waals surface area contributed by atoms with Gasteiger partial charge in [-0.05, 0) is 68.7 Å². The van der Waals surface area contributed by atoms with Crippen molar-refractivity contribution in [2.75, 3.05) is 5.32 Å². The molecule has 0 saturated heterocycles. The maximum Gasteiger partial charge on any atom is 0.255 e. The molecule has 1 fully saturated rings. The van der Waals surface area contributed by atoms with Crippen LogP contribution in [0.3, 0.4) is 0 Å². The van der Waals surface area contributed by atoms with Gasteiger partial charge in [-0.25, -0.2) is 4.98 Å². The molecule has 0 unspecified atom stereocenters. The van der Waals surface area contributed by atoms with E-state index >= 15 is 0 Å². The number of nitrogens with zero attached hydrogens (tertiary/aromatic N) is 3. The first-order valence-electron chi connectivity index (χ1n) is 12.7. The number of carbonyl (C=O) groups is 1. The molecule has 0 aromatic carbocycles. The molecule has 0 bridgehead atoms. The Morgan fingerprint density at radius 1 is 1.24 bits per heavy atom. The highest BCUT2D eigenvalue weighted by atomic mass is 32.1. The van der Waals surface area contributed by atoms with Gasteiger partial charge >= 0.3 is 0 Å². The number of hydrogen-bond donors (Lipinski definition) is 2. The standard InChI is InChI=1S/C26H33N5O2S/c1-2-3-7-17-11-13-18(14-12-17)24(32)28-23-16-21(22-10-6-15-34-22)30-31(23)26-27-20-9-5-4-8-19(20)25(33)29-26/h6,10,15-18H,2-5,7-9,11-14H2,1H3,(H,28,32)(H,27,29,33). The van der Waals surface area contributed by atoms with E-state index in [-0.39, 0.29) is 17.4 Å². The topological polar surface area (TPSA) is 92.7 Å². The van der Waals surface area contributed by atoms with Crippen molar-refractivity contribution in [1.29, 1.82) is 0 Å². The number of thiophene rings is 1. The number of fused-ring (bicyclic) bond motifs is 1. The largest absolute Gasteiger partial charge is 0.310 e. The molecule has 34 heavy (non-hydrogen) atoms. The van der Waals surface area contributed by atoms with Gasteiger partial charge in [0.05, 0.1) is 10.6 Å². The average molecular weight is 480 g/mol. The van der Waals surface area contributed by atoms with Gasteiger partial charge in [0.1, 0.15) is 11.5 Å². The Morgan fingerprint density at radius 3 is 2.82 bits per heavy atom. The predicted octanol–water partition coefficient (Wildman–Crippen LogP) is 5.50. The molecule has 2 aliphatic carbocycles. The fraction of sp³-hybridized carbons (Fsp3) is 0.538. The van der Waals surface area contributed by atoms with Gasteiger partial charge in [-0.1, -0.05) is 32.3 Å². The lowest BCUT2D eigenvalue weighted by Gasteiger charge is -2.27. The highest BCUT2D eigenvalue weighted by molar-refractivity contribution is 7.13. The van der Waals surface area contributed by atoms with E-state index in [1.807, 2.05) is 23.6 Å². The number of amides is 1. The maximum atomic E-state index is 13.2. The van der Waals surface area contributed by atoms with Gasteiger partial charge < -0.3 is 5.32 Å². The summed E-state index contributed by atoms with van der Waals surface area (Å²) in [6.07, 6.45) is 11.5. The molecule has 180 valence electrons. The molecule has 0 radical (unpaired) electrons. The first-order valence-corrected chi connectivity index (χ1v) is 13.6. The number of hydrogen-bond acceptors (Lipinski definition) is 5. The molecule has 0 aliphatic heterocycles. The zero-order chi connectivity index (χ0) is 23.5. The van der Waals surface area contributed by atoms with Crippen LogP contribution in [0, 0.1) is 11.8 Å². The summed E-state index contributed by atoms with van der Waals surface area (Å²) in [5.74, 6) is 1.73. The predicted molar refractivity (Wildman–Crippen MR) is 136 cm³/mol. The molecule has 2 aliphatic rings. The number of H-pyrrole nitrogens is 1. The molecule has 0 spiro atoms. The number of nitrogens with one attached hydrogen (secondary N) is 2. The van der Waals surface area contributed by atoms with E-state index in [0.717, 1.165) is 79.1 Å². The van der Waals surface area contributed by atoms with Gasteiger partial charge in [0.15, 0.2) is 0 Å². The second-order valence-corrected chi connectivity index (χ2v) is 10.6. The summed E-state index contributed by atoms with van der Waals surface area (Å²) in [5, 5.41) is 9.86. The van der Waals surface area contributed by atoms with Gasteiger partial charge in [0.2, 0.25) is 11.9 Å². The molecule has 1 saturated carbocycles. The number of unbranched alkanes of at least 4 members (excludes halogenated alkanes) is 1. The van der Waals surface area contributed by atoms with Crippen LogP contribution in [-0.2, 0) is 17.6 Å². The zero-order valence-corrected chi connectivity index (χ0v) is 20.6. The minimum absolute atomic E-state index is 0.0157. The number of aromatic nitrogens is 4. The summed E-state index contributed by atoms with van der Waals surface area (Å²) in [6.45, 7) is 2.23. The highest BCUT2D eigenvalue weighted by Gasteiger charge is 2.27. The van der Waals surface area contributed by atoms with E-state index in [2.05, 4.69) is 17.2 Å². The van der Waals surface area contributed by atoms with Crippen LogP contribution < -0.4 is 10.9 Å². The van der Waals surface area contributed by atoms with Crippen LogP contribution in [0.15, 0.2) is 28.4 Å². The molecular formula is C26H33N5O2S. The van der Waals surface area contributed by atoms with Crippen molar-refractivity contribution in [3.8, 4) is 16.5 Å². The normalized spacial score (nSPS) is 20.1. The molecule has 0 atom stereocenters. The van der Waals surface area contributed by atoms with E-state index in [9.17, 15) is 9.59 Å². The molecule has 1 amide bonds. The van der Waals surface area contributed by atoms with E-state index in [0.29, 0.717) is 11.8 Å². The second kappa shape index (κ2) is 10.3. The van der Waals surface area contributed by atoms with Crippen LogP contribution in [0.25, 0.3) is 16.5 Å². The summed E-state index contributed by atoms with van der Waals surface area (Å²) >= 11 is 1.59. The van der Waals surface area contributed by atoms with Gasteiger partial charge in [-0.15, -0.1) is 11.3 Å². The molecule has 3 aromatic heterocycles. The third kappa shape index (κ3) is 4.87. The summed E-state index contributed by atoms with van der Waals surface area (Å²) < 4.78 is 1.59. The van der Waals surface area contributed by atoms with E-state index in [1.54, 1.807) is 16.0 Å². The van der Waals surface area contributed by atoms with Crippen LogP contribution >= 0.6 is 11.3 Å². The Labute approximate surface area is 204 Å². The fourth-order valence-corrected chi connectivity index (χ4v) is 5.98. The molecule has 3 heterocycles. The third-order valence-corrected chi connectivity index (χ3v) is 8.19. The summed E-state index contributed by atoms with van der Waals surface area (Å²) in [4.78, 5) is 34.7. The lowest BCUT2D eigenvalue weighted by atomic mass is 9.79. The van der Waals surface area contributed by atoms with Crippen LogP contribution in [0.4, 0.5) is 5.82 Å². The number of anilines is 1. The fourth-order valence-electron chi connectivity index (χ4n) is 5.30. The van der Waals surface area contributed by atoms with Crippen LogP contribution in [0.5, 0.6) is 0 Å². The number of aromatic amines is 1. The van der Waals surface area contributed by atoms with Gasteiger partial charge in [-0.2, -0.15) is 9.78 Å². The van der Waals surface area contributed by atoms with E-state index in [4.69, 9.17) is 10.1 Å². The van der Waals surface area contributed by atoms with Gasteiger partial charge in [0, 0.05) is 17.5 Å². The summed E-state index contributed by atoms with van der Waals surface area (Å²) in [7, 11) is 0. The van der Waals surface area contributed by atoms with Crippen molar-refractivity contribution in [3.05, 3.63) is 45.2 Å². The number of rotatable bonds is 7. The van der Waals surface area contributed by atoms with E-state index < -0.39 is 0 Å². The van der Waals surface area contributed by atoms with Gasteiger partial charge in [-0.3, -0.25) is 14.6 Å². The maximum absolute atomic E-state index is 13.2. The van der Waals surface area contributed by atoms with Crippen molar-refractivity contribution in [1.82, 2.24) is 19.7 Å². The molecule has 2 N–H and O–H groups in total. The van der Waals surface area contributed by atoms with Gasteiger partial charge in [0.25, 0.3) is 5.56 Å². The Hall–Kier alpha value is -2.74. The first kappa shape index (κ1) is 23.0. The third-order valence-electron chi connectivity index (χ3n) is 7.30. The van der Waals surface area contributed by atoms with E-state index in [1.165, 1.54) is 19.3 Å². The number of carbonyl (C=O) groups excluding carboxylic acids is 1. The quantitative estimate of drug-likeness (QED) is 0.468. The zero-order valence-electron chi connectivity index (χ0n) is 19.8. The van der Waals surface area contributed by atoms with Crippen molar-refractivity contribution >= 4 is 23.1 Å².